The highest BCUT2D eigenvalue weighted by Crippen LogP contribution is 2.28. The Morgan fingerprint density at radius 1 is 0.432 bits per heavy atom. The number of nitrogens with one attached hydrogen (secondary N) is 3. The van der Waals surface area contributed by atoms with E-state index in [2.05, 4.69) is 94.6 Å². The van der Waals surface area contributed by atoms with Crippen molar-refractivity contribution in [3.05, 3.63) is 192 Å². The minimum absolute atomic E-state index is 0.132. The number of carbonyl (C=O) groups is 3. The van der Waals surface area contributed by atoms with Crippen LogP contribution >= 0.6 is 46.4 Å². The van der Waals surface area contributed by atoms with Crippen molar-refractivity contribution >= 4 is 81.2 Å². The standard InChI is InChI=1S/C22H26Cl2N2O2.C22H27ClN2O2.C21H25ClN2O2/c1-26(2,19-10-13-28-14-11-19)12-9-16-3-6-18(7-4-16)25-22(27)17-5-8-20(23)21(24)15-17;1-16-4-7-18(23)14-21(16)22(26)24-19-8-5-17(6-9-19)15-25(2,3)20-10-12-27-13-11-20;1-24(2,20-11-13-26-14-12-20)15-16-3-9-19(10-4-16)23-21(25)17-5-7-18(22)8-6-17/h3-8,15,19H,9-14H2,1-2H3;4-9,14,20H,10-13,15H2,1-3H3;3-10,20H,11-15H2,1-2H3/p+3. The Morgan fingerprint density at radius 3 is 1.26 bits per heavy atom. The van der Waals surface area contributed by atoms with Gasteiger partial charge in [-0.3, -0.25) is 14.4 Å². The normalized spacial score (nSPS) is 15.5. The van der Waals surface area contributed by atoms with Gasteiger partial charge in [0.2, 0.25) is 0 Å². The molecule has 432 valence electrons. The first-order valence-corrected chi connectivity index (χ1v) is 29.5. The van der Waals surface area contributed by atoms with Crippen molar-refractivity contribution in [1.29, 1.82) is 0 Å². The van der Waals surface area contributed by atoms with Gasteiger partial charge < -0.3 is 43.6 Å². The van der Waals surface area contributed by atoms with Gasteiger partial charge in [0.25, 0.3) is 17.7 Å². The number of likely N-dealkylation sites (N-methyl/N-ethyl adjacent to an activating group) is 1. The fraction of sp³-hybridized carbons (Fsp3) is 0.400. The molecule has 3 heterocycles. The van der Waals surface area contributed by atoms with E-state index in [1.54, 1.807) is 54.6 Å². The van der Waals surface area contributed by atoms with E-state index in [0.29, 0.717) is 54.9 Å². The van der Waals surface area contributed by atoms with Crippen LogP contribution in [0.5, 0.6) is 0 Å². The predicted molar refractivity (Wildman–Crippen MR) is 331 cm³/mol. The number of quaternary nitrogens is 3. The van der Waals surface area contributed by atoms with Gasteiger partial charge in [-0.15, -0.1) is 0 Å². The first-order valence-electron chi connectivity index (χ1n) is 28.0. The highest BCUT2D eigenvalue weighted by Gasteiger charge is 2.32. The van der Waals surface area contributed by atoms with Crippen molar-refractivity contribution in [3.63, 3.8) is 0 Å². The summed E-state index contributed by atoms with van der Waals surface area (Å²) in [5, 5.41) is 10.8. The van der Waals surface area contributed by atoms with E-state index in [4.69, 9.17) is 60.6 Å². The molecule has 3 aliphatic rings. The Kier molecular flexibility index (Phi) is 23.2. The number of carbonyl (C=O) groups excluding carboxylic acids is 3. The van der Waals surface area contributed by atoms with E-state index in [-0.39, 0.29) is 17.7 Å². The zero-order chi connectivity index (χ0) is 58.2. The fourth-order valence-electron chi connectivity index (χ4n) is 10.8. The predicted octanol–water partition coefficient (Wildman–Crippen LogP) is 14.0. The van der Waals surface area contributed by atoms with Gasteiger partial charge in [-0.1, -0.05) is 88.9 Å². The molecule has 0 bridgehead atoms. The zero-order valence-electron chi connectivity index (χ0n) is 48.1. The van der Waals surface area contributed by atoms with Crippen LogP contribution in [-0.4, -0.2) is 138 Å². The number of halogens is 4. The molecule has 81 heavy (non-hydrogen) atoms. The number of aryl methyl sites for hydroxylation is 1. The smallest absolute Gasteiger partial charge is 0.255 e. The summed E-state index contributed by atoms with van der Waals surface area (Å²) in [4.78, 5) is 37.2. The SMILES string of the molecule is C[N+](C)(CCc1ccc(NC(=O)c2ccc(Cl)c(Cl)c2)cc1)C1CCOCC1.C[N+](C)(Cc1ccc(NC(=O)c2ccc(Cl)cc2)cc1)C1CCOCC1.Cc1ccc(Cl)cc1C(=O)Nc1ccc(C[N+](C)(C)C2CCOCC2)cc1. The number of anilines is 3. The van der Waals surface area contributed by atoms with Crippen LogP contribution in [0.3, 0.4) is 0 Å². The molecule has 0 radical (unpaired) electrons. The molecule has 0 unspecified atom stereocenters. The van der Waals surface area contributed by atoms with Crippen LogP contribution in [0.15, 0.2) is 133 Å². The lowest BCUT2D eigenvalue weighted by Gasteiger charge is -2.40. The quantitative estimate of drug-likeness (QED) is 0.0832. The van der Waals surface area contributed by atoms with Crippen LogP contribution in [0.2, 0.25) is 20.1 Å². The van der Waals surface area contributed by atoms with Crippen molar-refractivity contribution in [2.24, 2.45) is 0 Å². The number of hydrogen-bond acceptors (Lipinski definition) is 6. The van der Waals surface area contributed by atoms with Crippen molar-refractivity contribution in [2.75, 3.05) is 104 Å². The van der Waals surface area contributed by atoms with E-state index in [9.17, 15) is 14.4 Å². The first-order chi connectivity index (χ1) is 38.6. The summed E-state index contributed by atoms with van der Waals surface area (Å²) in [6.45, 7) is 10.1. The van der Waals surface area contributed by atoms with E-state index >= 15 is 0 Å². The number of benzene rings is 6. The largest absolute Gasteiger partial charge is 0.381 e. The summed E-state index contributed by atoms with van der Waals surface area (Å²) in [6, 6.07) is 43.3. The van der Waals surface area contributed by atoms with Gasteiger partial charge in [0.05, 0.1) is 117 Å². The average molecular weight is 1180 g/mol. The second-order valence-electron chi connectivity index (χ2n) is 23.2. The second-order valence-corrected chi connectivity index (χ2v) is 24.9. The average Bonchev–Trinajstić information content (AvgIpc) is 3.47. The van der Waals surface area contributed by atoms with Gasteiger partial charge >= 0.3 is 0 Å². The Labute approximate surface area is 500 Å². The van der Waals surface area contributed by atoms with E-state index in [1.165, 1.54) is 16.7 Å². The molecule has 0 atom stereocenters. The summed E-state index contributed by atoms with van der Waals surface area (Å²) in [7, 11) is 13.8. The van der Waals surface area contributed by atoms with E-state index in [0.717, 1.165) is 140 Å². The van der Waals surface area contributed by atoms with Crippen molar-refractivity contribution < 1.29 is 42.0 Å². The van der Waals surface area contributed by atoms with Crippen LogP contribution in [0.4, 0.5) is 17.1 Å². The third kappa shape index (κ3) is 19.4. The van der Waals surface area contributed by atoms with Gasteiger partial charge in [-0.2, -0.15) is 0 Å². The van der Waals surface area contributed by atoms with E-state index < -0.39 is 0 Å². The zero-order valence-corrected chi connectivity index (χ0v) is 51.1. The maximum Gasteiger partial charge on any atom is 0.255 e. The molecular formula is C65H81Cl4N6O6+3. The topological polar surface area (TPSA) is 115 Å². The molecule has 6 aromatic carbocycles. The van der Waals surface area contributed by atoms with Crippen LogP contribution in [0, 0.1) is 6.92 Å². The molecular weight excluding hydrogens is 1100 g/mol. The minimum atomic E-state index is -0.205. The minimum Gasteiger partial charge on any atom is -0.381 e. The Morgan fingerprint density at radius 2 is 0.815 bits per heavy atom. The van der Waals surface area contributed by atoms with Crippen molar-refractivity contribution in [2.45, 2.75) is 83.1 Å². The molecule has 3 N–H and O–H groups in total. The van der Waals surface area contributed by atoms with Gasteiger partial charge in [0.1, 0.15) is 13.1 Å². The number of amides is 3. The third-order valence-corrected chi connectivity index (χ3v) is 17.3. The van der Waals surface area contributed by atoms with E-state index in [1.807, 2.05) is 49.4 Å². The Hall–Kier alpha value is -5.35. The molecule has 0 aliphatic carbocycles. The van der Waals surface area contributed by atoms with Crippen LogP contribution in [-0.2, 0) is 33.7 Å². The summed E-state index contributed by atoms with van der Waals surface area (Å²) in [5.41, 5.74) is 8.74. The molecule has 9 rings (SSSR count). The lowest BCUT2D eigenvalue weighted by molar-refractivity contribution is -0.929. The van der Waals surface area contributed by atoms with Gasteiger partial charge in [0.15, 0.2) is 0 Å². The molecule has 3 saturated heterocycles. The van der Waals surface area contributed by atoms with Crippen molar-refractivity contribution in [3.8, 4) is 0 Å². The number of rotatable bonds is 16. The summed E-state index contributed by atoms with van der Waals surface area (Å²) in [5.74, 6) is -0.475. The lowest BCUT2D eigenvalue weighted by Crippen LogP contribution is -2.52. The number of nitrogens with zero attached hydrogens (tertiary/aromatic N) is 3. The van der Waals surface area contributed by atoms with Gasteiger partial charge in [-0.05, 0) is 109 Å². The molecule has 3 aliphatic heterocycles. The molecule has 16 heteroatoms. The summed E-state index contributed by atoms with van der Waals surface area (Å²) in [6.07, 6.45) is 7.72. The second kappa shape index (κ2) is 29.8. The molecule has 12 nitrogen and oxygen atoms in total. The highest BCUT2D eigenvalue weighted by molar-refractivity contribution is 6.42. The Bertz CT molecular complexity index is 2990. The van der Waals surface area contributed by atoms with Crippen LogP contribution in [0.25, 0.3) is 0 Å². The molecule has 0 spiro atoms. The van der Waals surface area contributed by atoms with Crippen LogP contribution < -0.4 is 16.0 Å². The lowest BCUT2D eigenvalue weighted by atomic mass is 10.0. The Balaban J connectivity index is 0.000000175. The molecule has 3 fully saturated rings. The van der Waals surface area contributed by atoms with Crippen molar-refractivity contribution in [1.82, 2.24) is 0 Å². The van der Waals surface area contributed by atoms with Gasteiger partial charge in [-0.25, -0.2) is 0 Å². The first kappa shape index (κ1) is 63.2. The maximum atomic E-state index is 12.5. The monoisotopic (exact) mass is 1180 g/mol. The molecule has 0 aromatic heterocycles. The highest BCUT2D eigenvalue weighted by atomic mass is 35.5. The maximum absolute atomic E-state index is 12.5. The molecule has 6 aromatic rings. The van der Waals surface area contributed by atoms with Crippen LogP contribution in [0.1, 0.15) is 91.9 Å². The fourth-order valence-corrected chi connectivity index (χ4v) is 11.4. The summed E-state index contributed by atoms with van der Waals surface area (Å²) < 4.78 is 19.4. The molecule has 3 amide bonds. The number of hydrogen-bond donors (Lipinski definition) is 3. The third-order valence-electron chi connectivity index (χ3n) is 16.1. The summed E-state index contributed by atoms with van der Waals surface area (Å²) >= 11 is 23.8. The van der Waals surface area contributed by atoms with Gasteiger partial charge in [0, 0.05) is 99.9 Å². The number of ether oxygens (including phenoxy) is 3. The molecule has 0 saturated carbocycles.